The zero-order valence-electron chi connectivity index (χ0n) is 21.7. The van der Waals surface area contributed by atoms with E-state index in [1.807, 2.05) is 24.3 Å². The summed E-state index contributed by atoms with van der Waals surface area (Å²) in [5.41, 5.74) is 3.94. The molecule has 8 heteroatoms. The van der Waals surface area contributed by atoms with E-state index in [1.165, 1.54) is 18.4 Å². The Kier molecular flexibility index (Phi) is 7.25. The number of para-hydroxylation sites is 1. The molecule has 2 heterocycles. The molecule has 0 radical (unpaired) electrons. The van der Waals surface area contributed by atoms with Crippen LogP contribution in [0.15, 0.2) is 48.5 Å². The molecule has 1 N–H and O–H groups in total. The molecule has 2 aromatic heterocycles. The monoisotopic (exact) mass is 566 g/mol. The molecule has 1 atom stereocenters. The van der Waals surface area contributed by atoms with Gasteiger partial charge in [-0.15, -0.1) is 11.3 Å². The number of anilines is 1. The van der Waals surface area contributed by atoms with Crippen molar-refractivity contribution in [2.45, 2.75) is 40.0 Å². The van der Waals surface area contributed by atoms with Gasteiger partial charge in [0.25, 0.3) is 5.91 Å². The summed E-state index contributed by atoms with van der Waals surface area (Å²) >= 11 is 14.0. The maximum absolute atomic E-state index is 13.8. The Hall–Kier alpha value is -2.93. The number of methoxy groups -OCH3 is 1. The van der Waals surface area contributed by atoms with Crippen molar-refractivity contribution in [3.8, 4) is 11.3 Å². The number of amides is 1. The summed E-state index contributed by atoms with van der Waals surface area (Å²) in [7, 11) is 1.37. The van der Waals surface area contributed by atoms with Crippen LogP contribution in [0.2, 0.25) is 10.0 Å². The van der Waals surface area contributed by atoms with Gasteiger partial charge in [-0.2, -0.15) is 0 Å². The topological polar surface area (TPSA) is 68.3 Å². The van der Waals surface area contributed by atoms with E-state index in [0.29, 0.717) is 54.3 Å². The van der Waals surface area contributed by atoms with Crippen LogP contribution in [-0.4, -0.2) is 24.0 Å². The lowest BCUT2D eigenvalue weighted by Crippen LogP contribution is -2.26. The van der Waals surface area contributed by atoms with Crippen molar-refractivity contribution < 1.29 is 14.3 Å². The molecule has 38 heavy (non-hydrogen) atoms. The fourth-order valence-corrected chi connectivity index (χ4v) is 6.92. The van der Waals surface area contributed by atoms with Gasteiger partial charge in [0.05, 0.1) is 34.5 Å². The van der Waals surface area contributed by atoms with Crippen molar-refractivity contribution >= 4 is 62.3 Å². The molecule has 0 fully saturated rings. The fraction of sp³-hybridized carbons (Fsp3) is 0.300. The van der Waals surface area contributed by atoms with Crippen LogP contribution >= 0.6 is 34.5 Å². The summed E-state index contributed by atoms with van der Waals surface area (Å²) in [5.74, 6) is -0.259. The number of ether oxygens (including phenoxy) is 1. The highest BCUT2D eigenvalue weighted by Gasteiger charge is 2.34. The number of thiophene rings is 1. The molecule has 5 rings (SSSR count). The minimum absolute atomic E-state index is 0.159. The molecule has 0 aliphatic heterocycles. The molecule has 0 saturated heterocycles. The molecule has 0 saturated carbocycles. The Balaban J connectivity index is 1.57. The van der Waals surface area contributed by atoms with Gasteiger partial charge in [0, 0.05) is 20.8 Å². The quantitative estimate of drug-likeness (QED) is 0.251. The third kappa shape index (κ3) is 5.05. The Morgan fingerprint density at radius 2 is 1.87 bits per heavy atom. The van der Waals surface area contributed by atoms with E-state index >= 15 is 0 Å². The number of benzene rings is 2. The summed E-state index contributed by atoms with van der Waals surface area (Å²) < 4.78 is 5.13. The first kappa shape index (κ1) is 26.7. The van der Waals surface area contributed by atoms with Gasteiger partial charge in [0.1, 0.15) is 5.00 Å². The first-order valence-electron chi connectivity index (χ1n) is 12.5. The smallest absolute Gasteiger partial charge is 0.341 e. The van der Waals surface area contributed by atoms with E-state index in [0.717, 1.165) is 29.7 Å². The van der Waals surface area contributed by atoms with Crippen molar-refractivity contribution in [1.82, 2.24) is 4.98 Å². The molecule has 0 spiro atoms. The second-order valence-electron chi connectivity index (χ2n) is 10.7. The zero-order chi connectivity index (χ0) is 27.2. The van der Waals surface area contributed by atoms with Crippen LogP contribution in [0.1, 0.15) is 58.3 Å². The van der Waals surface area contributed by atoms with Crippen molar-refractivity contribution in [3.05, 3.63) is 80.1 Å². The maximum Gasteiger partial charge on any atom is 0.341 e. The summed E-state index contributed by atoms with van der Waals surface area (Å²) in [6, 6.07) is 14.4. The molecule has 1 amide bonds. The van der Waals surface area contributed by atoms with E-state index in [1.54, 1.807) is 24.3 Å². The zero-order valence-corrected chi connectivity index (χ0v) is 24.0. The average Bonchev–Trinajstić information content (AvgIpc) is 3.24. The number of nitrogens with one attached hydrogen (secondary N) is 1. The molecular formula is C30H28Cl2N2O3S. The highest BCUT2D eigenvalue weighted by molar-refractivity contribution is 7.17. The highest BCUT2D eigenvalue weighted by Crippen LogP contribution is 2.44. The number of aromatic nitrogens is 1. The van der Waals surface area contributed by atoms with Gasteiger partial charge in [-0.25, -0.2) is 9.78 Å². The van der Waals surface area contributed by atoms with Gasteiger partial charge in [-0.05, 0) is 66.5 Å². The lowest BCUT2D eigenvalue weighted by atomic mass is 9.72. The van der Waals surface area contributed by atoms with Gasteiger partial charge in [0.2, 0.25) is 0 Å². The molecule has 5 nitrogen and oxygen atoms in total. The lowest BCUT2D eigenvalue weighted by molar-refractivity contribution is 0.0600. The van der Waals surface area contributed by atoms with E-state index < -0.39 is 5.97 Å². The first-order valence-corrected chi connectivity index (χ1v) is 14.0. The SMILES string of the molecule is COC(=O)c1c(NC(=O)c2cc(-c3ccc(Cl)cc3Cl)nc3ccccc23)sc2c1CCC(C(C)(C)C)C2. The Morgan fingerprint density at radius 3 is 2.58 bits per heavy atom. The number of hydrogen-bond acceptors (Lipinski definition) is 5. The van der Waals surface area contributed by atoms with Crippen LogP contribution in [0.3, 0.4) is 0 Å². The van der Waals surface area contributed by atoms with E-state index in [9.17, 15) is 9.59 Å². The molecule has 1 aliphatic rings. The van der Waals surface area contributed by atoms with Gasteiger partial charge in [0.15, 0.2) is 0 Å². The van der Waals surface area contributed by atoms with Gasteiger partial charge < -0.3 is 10.1 Å². The van der Waals surface area contributed by atoms with Gasteiger partial charge >= 0.3 is 5.97 Å². The molecule has 1 unspecified atom stereocenters. The largest absolute Gasteiger partial charge is 0.465 e. The second kappa shape index (κ2) is 10.3. The standard InChI is InChI=1S/C30H28Cl2N2O3S/c1-30(2,3)16-9-11-20-25(13-16)38-28(26(20)29(36)37-4)34-27(35)21-15-24(19-12-10-17(31)14-22(19)32)33-23-8-6-5-7-18(21)23/h5-8,10,12,14-16H,9,11,13H2,1-4H3,(H,34,35). The van der Waals surface area contributed by atoms with Gasteiger partial charge in [-0.1, -0.05) is 62.2 Å². The predicted molar refractivity (Wildman–Crippen MR) is 156 cm³/mol. The molecule has 196 valence electrons. The Bertz CT molecular complexity index is 1570. The van der Waals surface area contributed by atoms with Crippen LogP contribution in [0.4, 0.5) is 5.00 Å². The molecule has 4 aromatic rings. The molecule has 2 aromatic carbocycles. The van der Waals surface area contributed by atoms with Crippen LogP contribution in [0, 0.1) is 11.3 Å². The van der Waals surface area contributed by atoms with Crippen molar-refractivity contribution in [2.75, 3.05) is 12.4 Å². The third-order valence-corrected chi connectivity index (χ3v) is 8.99. The summed E-state index contributed by atoms with van der Waals surface area (Å²) in [4.78, 5) is 32.6. The maximum atomic E-state index is 13.8. The number of carbonyl (C=O) groups excluding carboxylic acids is 2. The van der Waals surface area contributed by atoms with E-state index in [-0.39, 0.29) is 11.3 Å². The minimum atomic E-state index is -0.430. The minimum Gasteiger partial charge on any atom is -0.465 e. The second-order valence-corrected chi connectivity index (χ2v) is 12.6. The Morgan fingerprint density at radius 1 is 1.11 bits per heavy atom. The predicted octanol–water partition coefficient (Wildman–Crippen LogP) is 8.46. The molecule has 1 aliphatic carbocycles. The summed E-state index contributed by atoms with van der Waals surface area (Å²) in [6.45, 7) is 6.75. The number of halogens is 2. The normalized spacial score (nSPS) is 15.3. The van der Waals surface area contributed by atoms with Crippen LogP contribution in [-0.2, 0) is 17.6 Å². The number of pyridine rings is 1. The van der Waals surface area contributed by atoms with Crippen molar-refractivity contribution in [2.24, 2.45) is 11.3 Å². The molecular weight excluding hydrogens is 539 g/mol. The summed E-state index contributed by atoms with van der Waals surface area (Å²) in [6.07, 6.45) is 2.65. The van der Waals surface area contributed by atoms with Crippen LogP contribution in [0.5, 0.6) is 0 Å². The lowest BCUT2D eigenvalue weighted by Gasteiger charge is -2.33. The third-order valence-electron chi connectivity index (χ3n) is 7.27. The number of fused-ring (bicyclic) bond motifs is 2. The number of esters is 1. The first-order chi connectivity index (χ1) is 18.1. The fourth-order valence-electron chi connectivity index (χ4n) is 5.10. The number of nitrogens with zero attached hydrogens (tertiary/aromatic N) is 1. The van der Waals surface area contributed by atoms with E-state index in [2.05, 4.69) is 26.1 Å². The van der Waals surface area contributed by atoms with Crippen LogP contribution in [0.25, 0.3) is 22.2 Å². The number of carbonyl (C=O) groups is 2. The Labute approximate surface area is 236 Å². The average molecular weight is 568 g/mol. The van der Waals surface area contributed by atoms with Crippen LogP contribution < -0.4 is 5.32 Å². The van der Waals surface area contributed by atoms with Crippen molar-refractivity contribution in [1.29, 1.82) is 0 Å². The van der Waals surface area contributed by atoms with Crippen molar-refractivity contribution in [3.63, 3.8) is 0 Å². The van der Waals surface area contributed by atoms with E-state index in [4.69, 9.17) is 32.9 Å². The number of hydrogen-bond donors (Lipinski definition) is 1. The van der Waals surface area contributed by atoms with Gasteiger partial charge in [-0.3, -0.25) is 4.79 Å². The molecule has 0 bridgehead atoms. The summed E-state index contributed by atoms with van der Waals surface area (Å²) in [5, 5.41) is 5.23. The number of rotatable bonds is 4. The highest BCUT2D eigenvalue weighted by atomic mass is 35.5.